The number of nitrogens with zero attached hydrogens (tertiary/aromatic N) is 1. The van der Waals surface area contributed by atoms with Crippen LogP contribution in [-0.2, 0) is 10.0 Å². The number of nitrogens with two attached hydrogens (primary N) is 1. The first-order valence-corrected chi connectivity index (χ1v) is 7.94. The SMILES string of the molecule is CCCN(CC1CC1)S(=O)(=O)c1ccc(F)cc1N. The Labute approximate surface area is 113 Å². The van der Waals surface area contributed by atoms with Gasteiger partial charge in [-0.15, -0.1) is 0 Å². The Morgan fingerprint density at radius 2 is 2.11 bits per heavy atom. The van der Waals surface area contributed by atoms with E-state index in [9.17, 15) is 12.8 Å². The van der Waals surface area contributed by atoms with Crippen molar-refractivity contribution in [3.63, 3.8) is 0 Å². The Hall–Kier alpha value is -1.14. The van der Waals surface area contributed by atoms with Crippen LogP contribution in [0.2, 0.25) is 0 Å². The molecule has 106 valence electrons. The summed E-state index contributed by atoms with van der Waals surface area (Å²) in [6.07, 6.45) is 2.90. The second-order valence-electron chi connectivity index (χ2n) is 4.99. The fourth-order valence-electron chi connectivity index (χ4n) is 2.04. The van der Waals surface area contributed by atoms with Crippen molar-refractivity contribution in [2.75, 3.05) is 18.8 Å². The predicted octanol–water partition coefficient (Wildman–Crippen LogP) is 2.22. The van der Waals surface area contributed by atoms with Crippen LogP contribution >= 0.6 is 0 Å². The van der Waals surface area contributed by atoms with Crippen molar-refractivity contribution in [2.24, 2.45) is 5.92 Å². The quantitative estimate of drug-likeness (QED) is 0.816. The van der Waals surface area contributed by atoms with E-state index in [2.05, 4.69) is 0 Å². The number of halogens is 1. The zero-order valence-corrected chi connectivity index (χ0v) is 11.8. The average molecular weight is 286 g/mol. The molecule has 0 unspecified atom stereocenters. The zero-order valence-electron chi connectivity index (χ0n) is 11.0. The average Bonchev–Trinajstić information content (AvgIpc) is 3.11. The second kappa shape index (κ2) is 5.46. The van der Waals surface area contributed by atoms with E-state index in [1.54, 1.807) is 0 Å². The first-order valence-electron chi connectivity index (χ1n) is 6.50. The van der Waals surface area contributed by atoms with Crippen LogP contribution in [0.4, 0.5) is 10.1 Å². The first-order chi connectivity index (χ1) is 8.95. The largest absolute Gasteiger partial charge is 0.398 e. The number of nitrogen functional groups attached to an aromatic ring is 1. The Bertz CT molecular complexity index is 556. The lowest BCUT2D eigenvalue weighted by Gasteiger charge is -2.22. The third-order valence-electron chi connectivity index (χ3n) is 3.22. The molecule has 1 fully saturated rings. The summed E-state index contributed by atoms with van der Waals surface area (Å²) >= 11 is 0. The van der Waals surface area contributed by atoms with Gasteiger partial charge in [-0.1, -0.05) is 6.92 Å². The van der Waals surface area contributed by atoms with Crippen LogP contribution in [0.15, 0.2) is 23.1 Å². The van der Waals surface area contributed by atoms with Crippen LogP contribution in [-0.4, -0.2) is 25.8 Å². The molecule has 0 heterocycles. The number of rotatable bonds is 6. The van der Waals surface area contributed by atoms with Crippen molar-refractivity contribution in [1.29, 1.82) is 0 Å². The minimum Gasteiger partial charge on any atom is -0.398 e. The number of hydrogen-bond acceptors (Lipinski definition) is 3. The summed E-state index contributed by atoms with van der Waals surface area (Å²) in [6.45, 7) is 2.94. The summed E-state index contributed by atoms with van der Waals surface area (Å²) in [6, 6.07) is 3.42. The lowest BCUT2D eigenvalue weighted by molar-refractivity contribution is 0.396. The Morgan fingerprint density at radius 3 is 2.63 bits per heavy atom. The van der Waals surface area contributed by atoms with Gasteiger partial charge in [0.25, 0.3) is 0 Å². The highest BCUT2D eigenvalue weighted by Gasteiger charge is 2.32. The van der Waals surface area contributed by atoms with E-state index in [1.807, 2.05) is 6.92 Å². The smallest absolute Gasteiger partial charge is 0.245 e. The van der Waals surface area contributed by atoms with Crippen molar-refractivity contribution in [2.45, 2.75) is 31.1 Å². The maximum atomic E-state index is 13.0. The van der Waals surface area contributed by atoms with Crippen LogP contribution in [0.25, 0.3) is 0 Å². The van der Waals surface area contributed by atoms with Gasteiger partial charge in [-0.25, -0.2) is 12.8 Å². The Morgan fingerprint density at radius 1 is 1.42 bits per heavy atom. The molecule has 6 heteroatoms. The highest BCUT2D eigenvalue weighted by Crippen LogP contribution is 2.32. The normalized spacial score (nSPS) is 15.9. The molecule has 1 aliphatic rings. The molecular weight excluding hydrogens is 267 g/mol. The van der Waals surface area contributed by atoms with Crippen molar-refractivity contribution >= 4 is 15.7 Å². The zero-order chi connectivity index (χ0) is 14.0. The molecule has 1 aromatic rings. The molecule has 2 N–H and O–H groups in total. The van der Waals surface area contributed by atoms with E-state index in [4.69, 9.17) is 5.73 Å². The maximum absolute atomic E-state index is 13.0. The number of sulfonamides is 1. The van der Waals surface area contributed by atoms with Gasteiger partial charge in [0.2, 0.25) is 10.0 Å². The standard InChI is InChI=1S/C13H19FN2O2S/c1-2-7-16(9-10-3-4-10)19(17,18)13-6-5-11(14)8-12(13)15/h5-6,8,10H,2-4,7,9,15H2,1H3. The second-order valence-corrected chi connectivity index (χ2v) is 6.89. The molecule has 0 saturated heterocycles. The Kier molecular flexibility index (Phi) is 4.10. The fourth-order valence-corrected chi connectivity index (χ4v) is 3.75. The summed E-state index contributed by atoms with van der Waals surface area (Å²) in [5.74, 6) is -0.0660. The van der Waals surface area contributed by atoms with Crippen LogP contribution in [0, 0.1) is 11.7 Å². The fraction of sp³-hybridized carbons (Fsp3) is 0.538. The summed E-state index contributed by atoms with van der Waals surface area (Å²) in [4.78, 5) is 0.00278. The van der Waals surface area contributed by atoms with E-state index in [0.717, 1.165) is 31.4 Å². The number of anilines is 1. The molecule has 4 nitrogen and oxygen atoms in total. The lowest BCUT2D eigenvalue weighted by atomic mass is 10.3. The predicted molar refractivity (Wildman–Crippen MR) is 72.6 cm³/mol. The van der Waals surface area contributed by atoms with Crippen molar-refractivity contribution < 1.29 is 12.8 Å². The van der Waals surface area contributed by atoms with E-state index in [0.29, 0.717) is 19.0 Å². The molecule has 2 rings (SSSR count). The minimum atomic E-state index is -3.62. The molecule has 0 aliphatic heterocycles. The Balaban J connectivity index is 2.31. The van der Waals surface area contributed by atoms with Gasteiger partial charge in [0.1, 0.15) is 10.7 Å². The van der Waals surface area contributed by atoms with E-state index >= 15 is 0 Å². The molecule has 0 aromatic heterocycles. The summed E-state index contributed by atoms with van der Waals surface area (Å²) in [5, 5.41) is 0. The molecule has 0 atom stereocenters. The van der Waals surface area contributed by atoms with E-state index in [1.165, 1.54) is 10.4 Å². The highest BCUT2D eigenvalue weighted by atomic mass is 32.2. The van der Waals surface area contributed by atoms with Gasteiger partial charge < -0.3 is 5.73 Å². The molecule has 1 saturated carbocycles. The van der Waals surface area contributed by atoms with Crippen molar-refractivity contribution in [3.8, 4) is 0 Å². The molecule has 0 radical (unpaired) electrons. The van der Waals surface area contributed by atoms with Gasteiger partial charge >= 0.3 is 0 Å². The van der Waals surface area contributed by atoms with Crippen LogP contribution in [0.3, 0.4) is 0 Å². The topological polar surface area (TPSA) is 63.4 Å². The van der Waals surface area contributed by atoms with Gasteiger partial charge in [0.15, 0.2) is 0 Å². The van der Waals surface area contributed by atoms with Crippen LogP contribution < -0.4 is 5.73 Å². The van der Waals surface area contributed by atoms with Crippen molar-refractivity contribution in [3.05, 3.63) is 24.0 Å². The number of hydrogen-bond donors (Lipinski definition) is 1. The molecule has 1 aliphatic carbocycles. The number of benzene rings is 1. The van der Waals surface area contributed by atoms with Gasteiger partial charge in [0.05, 0.1) is 5.69 Å². The summed E-state index contributed by atoms with van der Waals surface area (Å²) in [7, 11) is -3.62. The van der Waals surface area contributed by atoms with Gasteiger partial charge in [0, 0.05) is 13.1 Å². The molecular formula is C13H19FN2O2S. The van der Waals surface area contributed by atoms with Gasteiger partial charge in [-0.05, 0) is 43.4 Å². The highest BCUT2D eigenvalue weighted by molar-refractivity contribution is 7.89. The molecule has 1 aromatic carbocycles. The molecule has 19 heavy (non-hydrogen) atoms. The van der Waals surface area contributed by atoms with E-state index < -0.39 is 15.8 Å². The van der Waals surface area contributed by atoms with Crippen LogP contribution in [0.5, 0.6) is 0 Å². The summed E-state index contributed by atoms with van der Waals surface area (Å²) < 4.78 is 39.6. The first kappa shape index (κ1) is 14.3. The van der Waals surface area contributed by atoms with E-state index in [-0.39, 0.29) is 10.6 Å². The monoisotopic (exact) mass is 286 g/mol. The lowest BCUT2D eigenvalue weighted by Crippen LogP contribution is -2.34. The maximum Gasteiger partial charge on any atom is 0.245 e. The molecule has 0 amide bonds. The molecule has 0 spiro atoms. The minimum absolute atomic E-state index is 0.00278. The van der Waals surface area contributed by atoms with Crippen molar-refractivity contribution in [1.82, 2.24) is 4.31 Å². The third kappa shape index (κ3) is 3.25. The summed E-state index contributed by atoms with van der Waals surface area (Å²) in [5.41, 5.74) is 5.61. The van der Waals surface area contributed by atoms with Gasteiger partial charge in [-0.3, -0.25) is 0 Å². The van der Waals surface area contributed by atoms with Crippen LogP contribution in [0.1, 0.15) is 26.2 Å². The third-order valence-corrected chi connectivity index (χ3v) is 5.16. The molecule has 0 bridgehead atoms. The van der Waals surface area contributed by atoms with Gasteiger partial charge in [-0.2, -0.15) is 4.31 Å².